The number of nitrogens with one attached hydrogen (secondary N) is 2. The summed E-state index contributed by atoms with van der Waals surface area (Å²) in [6.45, 7) is 4.70. The fourth-order valence-electron chi connectivity index (χ4n) is 4.94. The van der Waals surface area contributed by atoms with Crippen LogP contribution in [0.25, 0.3) is 11.4 Å². The second-order valence-corrected chi connectivity index (χ2v) is 12.3. The van der Waals surface area contributed by atoms with Gasteiger partial charge in [-0.05, 0) is 54.8 Å². The Morgan fingerprint density at radius 3 is 2.42 bits per heavy atom. The predicted octanol–water partition coefficient (Wildman–Crippen LogP) is 2.68. The second kappa shape index (κ2) is 11.0. The summed E-state index contributed by atoms with van der Waals surface area (Å²) in [6, 6.07) is 14.8. The van der Waals surface area contributed by atoms with Gasteiger partial charge in [0.1, 0.15) is 5.82 Å². The quantitative estimate of drug-likeness (QED) is 0.496. The van der Waals surface area contributed by atoms with Crippen molar-refractivity contribution < 1.29 is 18.0 Å². The molecule has 0 saturated carbocycles. The standard InChI is InChI=1S/C27H32N6O4S/c1-19(34)33-11-9-22(10-12-33)26-29-25(30-31-26)21-5-7-24(8-6-21)28-27(35)23-4-2-3-20(17-23)18-32-13-15-38(36,37)16-14-32/h2-8,17,22H,9-16,18H2,1H3,(H,28,35)(H,29,30,31). The van der Waals surface area contributed by atoms with Crippen LogP contribution in [0.3, 0.4) is 0 Å². The molecule has 10 nitrogen and oxygen atoms in total. The number of amides is 2. The SMILES string of the molecule is CC(=O)N1CCC(c2nc(-c3ccc(NC(=O)c4cccc(CN5CCS(=O)(=O)CC5)c4)cc3)n[nH]2)CC1. The summed E-state index contributed by atoms with van der Waals surface area (Å²) in [4.78, 5) is 33.1. The van der Waals surface area contributed by atoms with Gasteiger partial charge in [-0.2, -0.15) is 5.10 Å². The lowest BCUT2D eigenvalue weighted by Crippen LogP contribution is -2.39. The molecule has 0 unspecified atom stereocenters. The highest BCUT2D eigenvalue weighted by Gasteiger charge is 2.25. The number of aromatic amines is 1. The first-order valence-electron chi connectivity index (χ1n) is 12.9. The Balaban J connectivity index is 1.17. The Kier molecular flexibility index (Phi) is 7.57. The number of likely N-dealkylation sites (tertiary alicyclic amines) is 1. The van der Waals surface area contributed by atoms with Crippen LogP contribution < -0.4 is 5.32 Å². The Morgan fingerprint density at radius 1 is 1.03 bits per heavy atom. The van der Waals surface area contributed by atoms with E-state index in [1.54, 1.807) is 13.0 Å². The van der Waals surface area contributed by atoms with E-state index >= 15 is 0 Å². The Labute approximate surface area is 222 Å². The van der Waals surface area contributed by atoms with Crippen molar-refractivity contribution in [3.8, 4) is 11.4 Å². The van der Waals surface area contributed by atoms with Crippen LogP contribution in [0, 0.1) is 0 Å². The van der Waals surface area contributed by atoms with E-state index in [0.717, 1.165) is 42.9 Å². The summed E-state index contributed by atoms with van der Waals surface area (Å²) >= 11 is 0. The predicted molar refractivity (Wildman–Crippen MR) is 144 cm³/mol. The second-order valence-electron chi connectivity index (χ2n) is 9.98. The zero-order chi connectivity index (χ0) is 26.7. The summed E-state index contributed by atoms with van der Waals surface area (Å²) < 4.78 is 23.3. The number of carbonyl (C=O) groups is 2. The summed E-state index contributed by atoms with van der Waals surface area (Å²) in [7, 11) is -2.92. The van der Waals surface area contributed by atoms with Gasteiger partial charge in [0.05, 0.1) is 11.5 Å². The van der Waals surface area contributed by atoms with Crippen molar-refractivity contribution in [2.75, 3.05) is 43.0 Å². The Bertz CT molecular complexity index is 1400. The van der Waals surface area contributed by atoms with E-state index in [1.807, 2.05) is 47.4 Å². The number of benzene rings is 2. The molecule has 2 aliphatic heterocycles. The molecule has 0 radical (unpaired) electrons. The van der Waals surface area contributed by atoms with Gasteiger partial charge >= 0.3 is 0 Å². The summed E-state index contributed by atoms with van der Waals surface area (Å²) in [5.74, 6) is 1.95. The van der Waals surface area contributed by atoms with Gasteiger partial charge in [0.2, 0.25) is 5.91 Å². The zero-order valence-corrected chi connectivity index (χ0v) is 22.2. The number of piperidine rings is 1. The highest BCUT2D eigenvalue weighted by Crippen LogP contribution is 2.27. The van der Waals surface area contributed by atoms with E-state index < -0.39 is 9.84 Å². The van der Waals surface area contributed by atoms with E-state index in [0.29, 0.717) is 36.7 Å². The largest absolute Gasteiger partial charge is 0.343 e. The maximum atomic E-state index is 12.9. The molecule has 38 heavy (non-hydrogen) atoms. The third kappa shape index (κ3) is 6.28. The van der Waals surface area contributed by atoms with E-state index in [9.17, 15) is 18.0 Å². The van der Waals surface area contributed by atoms with Crippen LogP contribution in [-0.2, 0) is 21.2 Å². The molecular weight excluding hydrogens is 504 g/mol. The molecule has 0 bridgehead atoms. The van der Waals surface area contributed by atoms with Crippen LogP contribution in [0.2, 0.25) is 0 Å². The number of aromatic nitrogens is 3. The molecule has 2 saturated heterocycles. The van der Waals surface area contributed by atoms with E-state index in [2.05, 4.69) is 25.4 Å². The molecular formula is C27H32N6O4S. The van der Waals surface area contributed by atoms with Gasteiger partial charge in [0.25, 0.3) is 5.91 Å². The minimum Gasteiger partial charge on any atom is -0.343 e. The Hall–Kier alpha value is -3.57. The van der Waals surface area contributed by atoms with Crippen molar-refractivity contribution in [3.05, 3.63) is 65.5 Å². The molecule has 1 aromatic heterocycles. The number of nitrogens with zero attached hydrogens (tertiary/aromatic N) is 4. The number of H-pyrrole nitrogens is 1. The molecule has 3 aromatic rings. The topological polar surface area (TPSA) is 128 Å². The van der Waals surface area contributed by atoms with Gasteiger partial charge < -0.3 is 10.2 Å². The zero-order valence-electron chi connectivity index (χ0n) is 21.4. The number of hydrogen-bond acceptors (Lipinski definition) is 7. The van der Waals surface area contributed by atoms with Crippen LogP contribution >= 0.6 is 0 Å². The molecule has 2 fully saturated rings. The molecule has 2 aromatic carbocycles. The molecule has 11 heteroatoms. The van der Waals surface area contributed by atoms with Gasteiger partial charge in [-0.3, -0.25) is 19.6 Å². The smallest absolute Gasteiger partial charge is 0.255 e. The minimum atomic E-state index is -2.92. The van der Waals surface area contributed by atoms with Gasteiger partial charge in [-0.25, -0.2) is 13.4 Å². The highest BCUT2D eigenvalue weighted by molar-refractivity contribution is 7.91. The molecule has 0 spiro atoms. The number of hydrogen-bond donors (Lipinski definition) is 2. The lowest BCUT2D eigenvalue weighted by Gasteiger charge is -2.30. The summed E-state index contributed by atoms with van der Waals surface area (Å²) in [5, 5.41) is 10.4. The monoisotopic (exact) mass is 536 g/mol. The fraction of sp³-hybridized carbons (Fsp3) is 0.407. The molecule has 2 amide bonds. The maximum absolute atomic E-state index is 12.9. The van der Waals surface area contributed by atoms with E-state index in [4.69, 9.17) is 0 Å². The van der Waals surface area contributed by atoms with Crippen molar-refractivity contribution in [2.24, 2.45) is 0 Å². The fourth-order valence-corrected chi connectivity index (χ4v) is 6.21. The van der Waals surface area contributed by atoms with Gasteiger partial charge in [-0.15, -0.1) is 0 Å². The van der Waals surface area contributed by atoms with Crippen molar-refractivity contribution in [1.82, 2.24) is 25.0 Å². The first kappa shape index (κ1) is 26.1. The number of carbonyl (C=O) groups excluding carboxylic acids is 2. The van der Waals surface area contributed by atoms with Crippen molar-refractivity contribution in [3.63, 3.8) is 0 Å². The number of rotatable bonds is 6. The van der Waals surface area contributed by atoms with E-state index in [-0.39, 0.29) is 29.2 Å². The lowest BCUT2D eigenvalue weighted by atomic mass is 9.96. The molecule has 200 valence electrons. The third-order valence-corrected chi connectivity index (χ3v) is 8.87. The van der Waals surface area contributed by atoms with Gasteiger partial charge in [-0.1, -0.05) is 12.1 Å². The first-order chi connectivity index (χ1) is 18.3. The van der Waals surface area contributed by atoms with Crippen LogP contribution in [0.1, 0.15) is 47.4 Å². The van der Waals surface area contributed by atoms with Gasteiger partial charge in [0, 0.05) is 62.4 Å². The van der Waals surface area contributed by atoms with Gasteiger partial charge in [0.15, 0.2) is 15.7 Å². The Morgan fingerprint density at radius 2 is 1.74 bits per heavy atom. The minimum absolute atomic E-state index is 0.110. The molecule has 5 rings (SSSR count). The molecule has 3 heterocycles. The molecule has 0 atom stereocenters. The van der Waals surface area contributed by atoms with Crippen molar-refractivity contribution in [2.45, 2.75) is 32.2 Å². The molecule has 2 N–H and O–H groups in total. The third-order valence-electron chi connectivity index (χ3n) is 7.26. The number of anilines is 1. The summed E-state index contributed by atoms with van der Waals surface area (Å²) in [6.07, 6.45) is 1.72. The first-order valence-corrected chi connectivity index (χ1v) is 14.7. The van der Waals surface area contributed by atoms with Crippen molar-refractivity contribution >= 4 is 27.3 Å². The molecule has 2 aliphatic rings. The number of sulfone groups is 1. The maximum Gasteiger partial charge on any atom is 0.255 e. The van der Waals surface area contributed by atoms with Crippen molar-refractivity contribution in [1.29, 1.82) is 0 Å². The van der Waals surface area contributed by atoms with Crippen LogP contribution in [0.15, 0.2) is 48.5 Å². The lowest BCUT2D eigenvalue weighted by molar-refractivity contribution is -0.129. The average molecular weight is 537 g/mol. The highest BCUT2D eigenvalue weighted by atomic mass is 32.2. The van der Waals surface area contributed by atoms with Crippen LogP contribution in [0.4, 0.5) is 5.69 Å². The molecule has 0 aliphatic carbocycles. The van der Waals surface area contributed by atoms with E-state index in [1.165, 1.54) is 0 Å². The average Bonchev–Trinajstić information content (AvgIpc) is 3.41. The van der Waals surface area contributed by atoms with Crippen LogP contribution in [0.5, 0.6) is 0 Å². The summed E-state index contributed by atoms with van der Waals surface area (Å²) in [5.41, 5.74) is 3.03. The normalized spacial score (nSPS) is 18.3. The van der Waals surface area contributed by atoms with Crippen LogP contribution in [-0.4, -0.2) is 82.9 Å².